The van der Waals surface area contributed by atoms with E-state index in [0.29, 0.717) is 11.3 Å². The fourth-order valence-electron chi connectivity index (χ4n) is 5.66. The van der Waals surface area contributed by atoms with E-state index < -0.39 is 11.2 Å². The molecule has 8 heteroatoms. The first-order chi connectivity index (χ1) is 19.3. The van der Waals surface area contributed by atoms with Crippen LogP contribution < -0.4 is 0 Å². The highest BCUT2D eigenvalue weighted by Gasteiger charge is 2.38. The molecule has 0 saturated heterocycles. The molecule has 1 aromatic carbocycles. The summed E-state index contributed by atoms with van der Waals surface area (Å²) in [7, 11) is 0. The maximum atomic E-state index is 13.8. The van der Waals surface area contributed by atoms with Crippen LogP contribution in [0, 0.1) is 23.1 Å². The quantitative estimate of drug-likeness (QED) is 0.187. The summed E-state index contributed by atoms with van der Waals surface area (Å²) < 4.78 is 15.7. The number of nitriles is 1. The predicted molar refractivity (Wildman–Crippen MR) is 151 cm³/mol. The van der Waals surface area contributed by atoms with E-state index in [9.17, 15) is 14.4 Å². The Balaban J connectivity index is 1.66. The van der Waals surface area contributed by atoms with Crippen LogP contribution in [0.4, 0.5) is 4.39 Å². The fraction of sp³-hybridized carbons (Fsp3) is 0.312. The lowest BCUT2D eigenvalue weighted by Gasteiger charge is -2.33. The Kier molecular flexibility index (Phi) is 7.65. The molecule has 0 bridgehead atoms. The zero-order valence-electron chi connectivity index (χ0n) is 22.9. The molecule has 0 saturated carbocycles. The van der Waals surface area contributed by atoms with E-state index in [4.69, 9.17) is 5.10 Å². The van der Waals surface area contributed by atoms with Gasteiger partial charge in [-0.25, -0.2) is 19.0 Å². The van der Waals surface area contributed by atoms with E-state index in [2.05, 4.69) is 27.9 Å². The molecule has 0 spiro atoms. The Morgan fingerprint density at radius 1 is 1.20 bits per heavy atom. The lowest BCUT2D eigenvalue weighted by atomic mass is 9.72. The summed E-state index contributed by atoms with van der Waals surface area (Å²) in [5, 5.41) is 15.1. The Labute approximate surface area is 233 Å². The first-order valence-electron chi connectivity index (χ1n) is 13.6. The lowest BCUT2D eigenvalue weighted by molar-refractivity contribution is -0.118. The molecule has 0 N–H and O–H groups in total. The number of hydrogen-bond acceptors (Lipinski definition) is 6. The second kappa shape index (κ2) is 11.3. The van der Waals surface area contributed by atoms with Crippen LogP contribution in [0.5, 0.6) is 0 Å². The number of rotatable bonds is 8. The van der Waals surface area contributed by atoms with E-state index in [-0.39, 0.29) is 17.3 Å². The van der Waals surface area contributed by atoms with Crippen molar-refractivity contribution in [3.05, 3.63) is 90.0 Å². The molecule has 7 nitrogen and oxygen atoms in total. The van der Waals surface area contributed by atoms with Gasteiger partial charge in [-0.2, -0.15) is 10.4 Å². The van der Waals surface area contributed by atoms with Gasteiger partial charge in [-0.1, -0.05) is 45.4 Å². The molecule has 1 aliphatic rings. The van der Waals surface area contributed by atoms with Gasteiger partial charge in [-0.05, 0) is 55.5 Å². The van der Waals surface area contributed by atoms with Gasteiger partial charge in [0.05, 0.1) is 28.8 Å². The summed E-state index contributed by atoms with van der Waals surface area (Å²) in [6, 6.07) is 13.2. The molecule has 0 unspecified atom stereocenters. The number of hydrogen-bond donors (Lipinski definition) is 0. The highest BCUT2D eigenvalue weighted by molar-refractivity contribution is 6.00. The van der Waals surface area contributed by atoms with Crippen molar-refractivity contribution >= 4 is 5.78 Å². The molecule has 0 amide bonds. The molecule has 3 heterocycles. The van der Waals surface area contributed by atoms with Crippen molar-refractivity contribution in [1.82, 2.24) is 24.7 Å². The van der Waals surface area contributed by atoms with Gasteiger partial charge in [-0.3, -0.25) is 9.78 Å². The largest absolute Gasteiger partial charge is 0.293 e. The van der Waals surface area contributed by atoms with Crippen LogP contribution in [-0.4, -0.2) is 30.5 Å². The van der Waals surface area contributed by atoms with Crippen LogP contribution in [0.1, 0.15) is 57.7 Å². The van der Waals surface area contributed by atoms with Crippen molar-refractivity contribution in [3.63, 3.8) is 0 Å². The normalized spacial score (nSPS) is 17.6. The van der Waals surface area contributed by atoms with E-state index in [1.165, 1.54) is 18.6 Å². The topological polar surface area (TPSA) is 97.4 Å². The van der Waals surface area contributed by atoms with Crippen LogP contribution >= 0.6 is 0 Å². The highest BCUT2D eigenvalue weighted by atomic mass is 19.1. The Morgan fingerprint density at radius 3 is 2.67 bits per heavy atom. The standard InChI is InChI=1S/C32H31FN6O/c1-4-6-21(2)30(40)24(17-34)16-32(3)13-5-7-27-29(28-12-14-35-20-37-28)38-39(31(27)32)26-10-8-22(9-11-26)23-15-25(33)19-36-18-23/h8-12,14-16,18-21H,4-7,13H2,1-3H3/b24-16-/t21-,32-/m0/s1. The summed E-state index contributed by atoms with van der Waals surface area (Å²) in [4.78, 5) is 25.7. The summed E-state index contributed by atoms with van der Waals surface area (Å²) in [5.74, 6) is -0.724. The summed E-state index contributed by atoms with van der Waals surface area (Å²) in [5.41, 5.74) is 5.39. The molecular weight excluding hydrogens is 503 g/mol. The molecule has 40 heavy (non-hydrogen) atoms. The van der Waals surface area contributed by atoms with Crippen LogP contribution in [0.2, 0.25) is 0 Å². The van der Waals surface area contributed by atoms with E-state index in [1.807, 2.05) is 54.9 Å². The first-order valence-corrected chi connectivity index (χ1v) is 13.6. The molecular formula is C32H31FN6O. The molecule has 0 radical (unpaired) electrons. The third-order valence-electron chi connectivity index (χ3n) is 7.64. The zero-order chi connectivity index (χ0) is 28.3. The Morgan fingerprint density at radius 2 is 2.00 bits per heavy atom. The van der Waals surface area contributed by atoms with Crippen molar-refractivity contribution in [1.29, 1.82) is 5.26 Å². The smallest absolute Gasteiger partial charge is 0.175 e. The summed E-state index contributed by atoms with van der Waals surface area (Å²) in [6.45, 7) is 6.01. The maximum Gasteiger partial charge on any atom is 0.175 e. The molecule has 1 aliphatic carbocycles. The number of benzene rings is 1. The third-order valence-corrected chi connectivity index (χ3v) is 7.64. The predicted octanol–water partition coefficient (Wildman–Crippen LogP) is 6.58. The van der Waals surface area contributed by atoms with Crippen LogP contribution in [-0.2, 0) is 16.6 Å². The minimum atomic E-state index is -0.607. The minimum absolute atomic E-state index is 0.118. The summed E-state index contributed by atoms with van der Waals surface area (Å²) in [6.07, 6.45) is 11.9. The maximum absolute atomic E-state index is 13.8. The fourth-order valence-corrected chi connectivity index (χ4v) is 5.66. The number of fused-ring (bicyclic) bond motifs is 1. The van der Waals surface area contributed by atoms with Gasteiger partial charge in [0.25, 0.3) is 0 Å². The average molecular weight is 535 g/mol. The molecule has 3 aromatic heterocycles. The van der Waals surface area contributed by atoms with Gasteiger partial charge < -0.3 is 0 Å². The molecule has 0 fully saturated rings. The van der Waals surface area contributed by atoms with Gasteiger partial charge in [0.15, 0.2) is 5.78 Å². The van der Waals surface area contributed by atoms with Crippen LogP contribution in [0.15, 0.2) is 73.0 Å². The third kappa shape index (κ3) is 5.20. The molecule has 0 aliphatic heterocycles. The number of halogens is 1. The number of aromatic nitrogens is 5. The number of carbonyl (C=O) groups excluding carboxylic acids is 1. The molecule has 4 aromatic rings. The lowest BCUT2D eigenvalue weighted by Crippen LogP contribution is -2.30. The average Bonchev–Trinajstić information content (AvgIpc) is 3.38. The second-order valence-corrected chi connectivity index (χ2v) is 10.6. The SMILES string of the molecule is CCC[C@H](C)C(=O)/C(C#N)=C\[C@]1(C)CCCc2c(-c3ccncn3)nn(-c3ccc(-c4cncc(F)c4)cc3)c21. The first kappa shape index (κ1) is 27.1. The van der Waals surface area contributed by atoms with Crippen molar-refractivity contribution in [2.45, 2.75) is 58.3 Å². The second-order valence-electron chi connectivity index (χ2n) is 10.6. The van der Waals surface area contributed by atoms with Crippen molar-refractivity contribution in [2.75, 3.05) is 0 Å². The zero-order valence-corrected chi connectivity index (χ0v) is 22.9. The van der Waals surface area contributed by atoms with Crippen molar-refractivity contribution in [3.8, 4) is 34.3 Å². The number of nitrogens with zero attached hydrogens (tertiary/aromatic N) is 6. The minimum Gasteiger partial charge on any atom is -0.293 e. The highest BCUT2D eigenvalue weighted by Crippen LogP contribution is 2.44. The van der Waals surface area contributed by atoms with Gasteiger partial charge in [0.1, 0.15) is 23.9 Å². The number of allylic oxidation sites excluding steroid dienone is 2. The number of ketones is 1. The van der Waals surface area contributed by atoms with Gasteiger partial charge in [-0.15, -0.1) is 0 Å². The summed E-state index contributed by atoms with van der Waals surface area (Å²) >= 11 is 0. The number of carbonyl (C=O) groups is 1. The molecule has 202 valence electrons. The number of Topliss-reactive ketones (excluding diaryl/α,β-unsaturated/α-hetero) is 1. The number of pyridine rings is 1. The monoisotopic (exact) mass is 534 g/mol. The van der Waals surface area contributed by atoms with Crippen LogP contribution in [0.3, 0.4) is 0 Å². The van der Waals surface area contributed by atoms with Crippen LogP contribution in [0.25, 0.3) is 28.2 Å². The van der Waals surface area contributed by atoms with Gasteiger partial charge in [0.2, 0.25) is 0 Å². The Hall–Kier alpha value is -4.51. The molecule has 5 rings (SSSR count). The van der Waals surface area contributed by atoms with Gasteiger partial charge >= 0.3 is 0 Å². The Bertz CT molecular complexity index is 1600. The van der Waals surface area contributed by atoms with E-state index in [0.717, 1.165) is 60.3 Å². The van der Waals surface area contributed by atoms with Gasteiger partial charge in [0, 0.05) is 34.9 Å². The van der Waals surface area contributed by atoms with Crippen molar-refractivity contribution in [2.24, 2.45) is 5.92 Å². The van der Waals surface area contributed by atoms with E-state index in [1.54, 1.807) is 12.4 Å². The molecule has 2 atom stereocenters. The van der Waals surface area contributed by atoms with E-state index >= 15 is 0 Å². The van der Waals surface area contributed by atoms with Crippen molar-refractivity contribution < 1.29 is 9.18 Å².